The molecule has 38 heavy (non-hydrogen) atoms. The number of benzene rings is 2. The number of morpholine rings is 1. The number of nitrogens with one attached hydrogen (secondary N) is 1. The van der Waals surface area contributed by atoms with Crippen LogP contribution < -0.4 is 15.0 Å². The summed E-state index contributed by atoms with van der Waals surface area (Å²) in [7, 11) is -0.623. The zero-order chi connectivity index (χ0) is 27.4. The van der Waals surface area contributed by atoms with Crippen molar-refractivity contribution in [2.45, 2.75) is 51.0 Å². The van der Waals surface area contributed by atoms with Crippen molar-refractivity contribution in [2.75, 3.05) is 71.5 Å². The van der Waals surface area contributed by atoms with E-state index in [2.05, 4.69) is 35.0 Å². The van der Waals surface area contributed by atoms with Crippen LogP contribution in [0.4, 0.5) is 5.69 Å². The molecule has 1 fully saturated rings. The fourth-order valence-corrected chi connectivity index (χ4v) is 5.50. The third-order valence-corrected chi connectivity index (χ3v) is 8.58. The maximum absolute atomic E-state index is 13.6. The molecule has 0 spiro atoms. The molecule has 8 nitrogen and oxygen atoms in total. The number of hydrogen-bond acceptors (Lipinski definition) is 7. The minimum Gasteiger partial charge on any atom is -0.454 e. The molecule has 1 N–H and O–H groups in total. The number of ether oxygens (including phenoxy) is 2. The highest BCUT2D eigenvalue weighted by Gasteiger charge is 2.28. The Bertz CT molecular complexity index is 1070. The Morgan fingerprint density at radius 2 is 1.66 bits per heavy atom. The van der Waals surface area contributed by atoms with Crippen molar-refractivity contribution in [3.8, 4) is 11.5 Å². The van der Waals surface area contributed by atoms with Crippen molar-refractivity contribution < 1.29 is 17.9 Å². The molecular formula is C29H46N4O4S. The van der Waals surface area contributed by atoms with Crippen LogP contribution in [0.5, 0.6) is 11.5 Å². The van der Waals surface area contributed by atoms with Gasteiger partial charge in [0.25, 0.3) is 0 Å². The molecule has 0 unspecified atom stereocenters. The van der Waals surface area contributed by atoms with Gasteiger partial charge >= 0.3 is 0 Å². The van der Waals surface area contributed by atoms with E-state index >= 15 is 0 Å². The van der Waals surface area contributed by atoms with Crippen LogP contribution >= 0.6 is 0 Å². The van der Waals surface area contributed by atoms with Crippen LogP contribution in [0.2, 0.25) is 0 Å². The Morgan fingerprint density at radius 1 is 1.00 bits per heavy atom. The molecule has 0 atom stereocenters. The van der Waals surface area contributed by atoms with E-state index in [1.54, 1.807) is 20.2 Å². The van der Waals surface area contributed by atoms with Gasteiger partial charge in [0.15, 0.2) is 5.75 Å². The van der Waals surface area contributed by atoms with Gasteiger partial charge in [-0.1, -0.05) is 44.9 Å². The molecule has 2 aromatic rings. The summed E-state index contributed by atoms with van der Waals surface area (Å²) in [4.78, 5) is 4.89. The average Bonchev–Trinajstić information content (AvgIpc) is 2.93. The molecule has 212 valence electrons. The number of hydrogen-bond donors (Lipinski definition) is 1. The van der Waals surface area contributed by atoms with Crippen LogP contribution in [0.1, 0.15) is 45.1 Å². The van der Waals surface area contributed by atoms with E-state index in [4.69, 9.17) is 9.47 Å². The summed E-state index contributed by atoms with van der Waals surface area (Å²) in [6, 6.07) is 13.3. The molecule has 1 aliphatic rings. The first-order chi connectivity index (χ1) is 18.4. The lowest BCUT2D eigenvalue weighted by Gasteiger charge is -2.29. The van der Waals surface area contributed by atoms with Crippen LogP contribution in [0, 0.1) is 0 Å². The van der Waals surface area contributed by atoms with Crippen molar-refractivity contribution in [1.82, 2.24) is 14.5 Å². The van der Waals surface area contributed by atoms with Gasteiger partial charge in [0.05, 0.1) is 18.9 Å². The molecule has 1 aliphatic heterocycles. The van der Waals surface area contributed by atoms with Gasteiger partial charge in [-0.15, -0.1) is 0 Å². The second-order valence-corrected chi connectivity index (χ2v) is 12.1. The van der Waals surface area contributed by atoms with Crippen LogP contribution in [-0.4, -0.2) is 84.2 Å². The summed E-state index contributed by atoms with van der Waals surface area (Å²) in [6.07, 6.45) is 4.16. The molecule has 9 heteroatoms. The summed E-state index contributed by atoms with van der Waals surface area (Å²) in [5, 5.41) is 3.53. The zero-order valence-electron chi connectivity index (χ0n) is 23.6. The van der Waals surface area contributed by atoms with E-state index in [0.717, 1.165) is 89.4 Å². The molecule has 0 aliphatic carbocycles. The van der Waals surface area contributed by atoms with E-state index in [-0.39, 0.29) is 4.90 Å². The normalized spacial score (nSPS) is 14.7. The van der Waals surface area contributed by atoms with E-state index in [1.165, 1.54) is 4.31 Å². The third-order valence-electron chi connectivity index (χ3n) is 6.76. The lowest BCUT2D eigenvalue weighted by molar-refractivity contribution is 0.0384. The van der Waals surface area contributed by atoms with Crippen LogP contribution in [0.15, 0.2) is 47.4 Å². The van der Waals surface area contributed by atoms with Crippen molar-refractivity contribution in [2.24, 2.45) is 0 Å². The van der Waals surface area contributed by atoms with Crippen molar-refractivity contribution in [1.29, 1.82) is 0 Å². The second kappa shape index (κ2) is 15.4. The Kier molecular flexibility index (Phi) is 12.3. The van der Waals surface area contributed by atoms with Gasteiger partial charge in [-0.3, -0.25) is 4.90 Å². The summed E-state index contributed by atoms with van der Waals surface area (Å²) in [5.41, 5.74) is 1.77. The molecule has 1 saturated heterocycles. The molecule has 0 bridgehead atoms. The number of sulfonamides is 1. The number of nitrogens with zero attached hydrogens (tertiary/aromatic N) is 3. The van der Waals surface area contributed by atoms with Crippen molar-refractivity contribution in [3.05, 3.63) is 48.0 Å². The highest BCUT2D eigenvalue weighted by Crippen LogP contribution is 2.41. The zero-order valence-corrected chi connectivity index (χ0v) is 24.4. The first kappa shape index (κ1) is 30.4. The fraction of sp³-hybridized carbons (Fsp3) is 0.586. The predicted octanol–water partition coefficient (Wildman–Crippen LogP) is 4.56. The monoisotopic (exact) mass is 546 g/mol. The number of anilines is 1. The van der Waals surface area contributed by atoms with Gasteiger partial charge in [-0.25, -0.2) is 12.7 Å². The molecule has 0 radical (unpaired) electrons. The minimum atomic E-state index is -3.76. The standard InChI is InChI=1S/C29H46N4O4S/c1-5-7-15-33(16-8-6-2)27-22-25(24-30-14-17-32-18-20-36-21-19-32)23-28(38(34,35)31(3)4)29(27)37-26-12-10-9-11-13-26/h9-13,22-23,30H,5-8,14-21,24H2,1-4H3. The highest BCUT2D eigenvalue weighted by molar-refractivity contribution is 7.89. The maximum Gasteiger partial charge on any atom is 0.246 e. The minimum absolute atomic E-state index is 0.201. The van der Waals surface area contributed by atoms with E-state index < -0.39 is 10.0 Å². The lowest BCUT2D eigenvalue weighted by Crippen LogP contribution is -2.40. The van der Waals surface area contributed by atoms with Crippen molar-refractivity contribution in [3.63, 3.8) is 0 Å². The Labute approximate surface area is 230 Å². The predicted molar refractivity (Wildman–Crippen MR) is 155 cm³/mol. The molecular weight excluding hydrogens is 500 g/mol. The average molecular weight is 547 g/mol. The first-order valence-electron chi connectivity index (χ1n) is 13.9. The summed E-state index contributed by atoms with van der Waals surface area (Å²) in [6.45, 7) is 11.8. The van der Waals surface area contributed by atoms with Gasteiger partial charge in [0.2, 0.25) is 10.0 Å². The number of unbranched alkanes of at least 4 members (excludes halogenated alkanes) is 2. The van der Waals surface area contributed by atoms with Gasteiger partial charge in [-0.2, -0.15) is 0 Å². The third kappa shape index (κ3) is 8.68. The molecule has 1 heterocycles. The second-order valence-electron chi connectivity index (χ2n) is 9.97. The summed E-state index contributed by atoms with van der Waals surface area (Å²) >= 11 is 0. The maximum atomic E-state index is 13.6. The lowest BCUT2D eigenvalue weighted by atomic mass is 10.1. The van der Waals surface area contributed by atoms with Crippen LogP contribution in [-0.2, 0) is 21.3 Å². The fourth-order valence-electron chi connectivity index (χ4n) is 4.42. The smallest absolute Gasteiger partial charge is 0.246 e. The molecule has 0 aromatic heterocycles. The Balaban J connectivity index is 2.00. The number of para-hydroxylation sites is 1. The topological polar surface area (TPSA) is 74.4 Å². The van der Waals surface area contributed by atoms with E-state index in [0.29, 0.717) is 18.0 Å². The molecule has 0 amide bonds. The molecule has 3 rings (SSSR count). The number of rotatable bonds is 16. The molecule has 0 saturated carbocycles. The van der Waals surface area contributed by atoms with Crippen molar-refractivity contribution >= 4 is 15.7 Å². The Morgan fingerprint density at radius 3 is 2.26 bits per heavy atom. The first-order valence-corrected chi connectivity index (χ1v) is 15.4. The van der Waals surface area contributed by atoms with Gasteiger partial charge in [0, 0.05) is 59.9 Å². The quantitative estimate of drug-likeness (QED) is 0.310. The van der Waals surface area contributed by atoms with Gasteiger partial charge in [0.1, 0.15) is 10.6 Å². The van der Waals surface area contributed by atoms with E-state index in [1.807, 2.05) is 30.3 Å². The molecule has 2 aromatic carbocycles. The highest BCUT2D eigenvalue weighted by atomic mass is 32.2. The van der Waals surface area contributed by atoms with Crippen LogP contribution in [0.25, 0.3) is 0 Å². The van der Waals surface area contributed by atoms with Gasteiger partial charge in [-0.05, 0) is 42.7 Å². The summed E-state index contributed by atoms with van der Waals surface area (Å²) < 4.78 is 40.3. The summed E-state index contributed by atoms with van der Waals surface area (Å²) in [5.74, 6) is 1.01. The van der Waals surface area contributed by atoms with Crippen LogP contribution in [0.3, 0.4) is 0 Å². The Hall–Kier alpha value is -2.17. The van der Waals surface area contributed by atoms with Gasteiger partial charge < -0.3 is 19.7 Å². The van der Waals surface area contributed by atoms with E-state index in [9.17, 15) is 8.42 Å². The SMILES string of the molecule is CCCCN(CCCC)c1cc(CNCCN2CCOCC2)cc(S(=O)(=O)N(C)C)c1Oc1ccccc1. The largest absolute Gasteiger partial charge is 0.454 e.